The third kappa shape index (κ3) is 2.48. The predicted octanol–water partition coefficient (Wildman–Crippen LogP) is 2.54. The van der Waals surface area contributed by atoms with Gasteiger partial charge in [-0.3, -0.25) is 0 Å². The van der Waals surface area contributed by atoms with Gasteiger partial charge in [0.2, 0.25) is 0 Å². The number of rotatable bonds is 3. The summed E-state index contributed by atoms with van der Waals surface area (Å²) >= 11 is 0. The Labute approximate surface area is 89.9 Å². The summed E-state index contributed by atoms with van der Waals surface area (Å²) in [5.74, 6) is 0.126. The fraction of sp³-hybridized carbons (Fsp3) is 0.500. The Bertz CT molecular complexity index is 350. The molecule has 15 heavy (non-hydrogen) atoms. The van der Waals surface area contributed by atoms with Gasteiger partial charge in [0, 0.05) is 11.5 Å². The van der Waals surface area contributed by atoms with E-state index < -0.39 is 0 Å². The molecule has 84 valence electrons. The first kappa shape index (κ1) is 12.0. The number of benzene rings is 1. The molecule has 3 N–H and O–H groups in total. The quantitative estimate of drug-likeness (QED) is 0.807. The van der Waals surface area contributed by atoms with Gasteiger partial charge < -0.3 is 10.8 Å². The first-order valence-corrected chi connectivity index (χ1v) is 5.16. The first-order chi connectivity index (χ1) is 6.97. The molecule has 0 saturated carbocycles. The van der Waals surface area contributed by atoms with Crippen molar-refractivity contribution in [1.82, 2.24) is 0 Å². The molecule has 0 amide bonds. The Morgan fingerprint density at radius 1 is 1.40 bits per heavy atom. The number of hydrogen-bond donors (Lipinski definition) is 2. The van der Waals surface area contributed by atoms with Crippen molar-refractivity contribution in [3.05, 3.63) is 29.1 Å². The minimum atomic E-state index is -0.320. The van der Waals surface area contributed by atoms with Crippen LogP contribution in [0.4, 0.5) is 4.39 Å². The first-order valence-electron chi connectivity index (χ1n) is 5.16. The highest BCUT2D eigenvalue weighted by Gasteiger charge is 2.19. The molecule has 1 aromatic carbocycles. The lowest BCUT2D eigenvalue weighted by Crippen LogP contribution is -2.18. The van der Waals surface area contributed by atoms with Crippen LogP contribution in [0.3, 0.4) is 0 Å². The van der Waals surface area contributed by atoms with Gasteiger partial charge in [-0.15, -0.1) is 0 Å². The number of halogens is 1. The molecule has 3 heteroatoms. The monoisotopic (exact) mass is 211 g/mol. The van der Waals surface area contributed by atoms with Gasteiger partial charge >= 0.3 is 0 Å². The number of phenols is 1. The van der Waals surface area contributed by atoms with E-state index in [0.717, 1.165) is 0 Å². The molecule has 1 aromatic rings. The van der Waals surface area contributed by atoms with E-state index in [1.165, 1.54) is 12.1 Å². The van der Waals surface area contributed by atoms with E-state index in [2.05, 4.69) is 0 Å². The average Bonchev–Trinajstić information content (AvgIpc) is 2.13. The Morgan fingerprint density at radius 2 is 2.00 bits per heavy atom. The van der Waals surface area contributed by atoms with Crippen LogP contribution in [0.15, 0.2) is 12.1 Å². The van der Waals surface area contributed by atoms with E-state index in [9.17, 15) is 9.50 Å². The van der Waals surface area contributed by atoms with Crippen LogP contribution in [0.2, 0.25) is 0 Å². The summed E-state index contributed by atoms with van der Waals surface area (Å²) in [6.07, 6.45) is 0. The van der Waals surface area contributed by atoms with Crippen LogP contribution < -0.4 is 5.73 Å². The molecule has 0 radical (unpaired) electrons. The predicted molar refractivity (Wildman–Crippen MR) is 59.4 cm³/mol. The molecule has 1 unspecified atom stereocenters. The maximum Gasteiger partial charge on any atom is 0.124 e. The number of hydrogen-bond acceptors (Lipinski definition) is 2. The van der Waals surface area contributed by atoms with Crippen molar-refractivity contribution in [3.8, 4) is 5.75 Å². The summed E-state index contributed by atoms with van der Waals surface area (Å²) in [5.41, 5.74) is 6.82. The molecule has 0 aromatic heterocycles. The van der Waals surface area contributed by atoms with Crippen LogP contribution in [0.25, 0.3) is 0 Å². The second-order valence-corrected chi connectivity index (χ2v) is 4.25. The lowest BCUT2D eigenvalue weighted by molar-refractivity contribution is 0.431. The van der Waals surface area contributed by atoms with E-state index in [1.807, 2.05) is 13.8 Å². The summed E-state index contributed by atoms with van der Waals surface area (Å²) in [4.78, 5) is 0. The lowest BCUT2D eigenvalue weighted by atomic mass is 9.87. The average molecular weight is 211 g/mol. The molecule has 1 rings (SSSR count). The van der Waals surface area contributed by atoms with Gasteiger partial charge in [0.15, 0.2) is 0 Å². The number of nitrogens with two attached hydrogens (primary N) is 1. The minimum Gasteiger partial charge on any atom is -0.507 e. The Morgan fingerprint density at radius 3 is 2.47 bits per heavy atom. The Kier molecular flexibility index (Phi) is 3.69. The maximum absolute atomic E-state index is 13.2. The zero-order chi connectivity index (χ0) is 11.6. The number of aromatic hydroxyl groups is 1. The van der Waals surface area contributed by atoms with E-state index in [4.69, 9.17) is 5.73 Å². The van der Waals surface area contributed by atoms with Crippen LogP contribution in [0.5, 0.6) is 5.75 Å². The molecule has 2 nitrogen and oxygen atoms in total. The largest absolute Gasteiger partial charge is 0.507 e. The zero-order valence-corrected chi connectivity index (χ0v) is 9.42. The SMILES string of the molecule is Cc1cc(F)cc(C(CN)C(C)C)c1O. The molecular weight excluding hydrogens is 193 g/mol. The molecule has 0 aliphatic rings. The molecular formula is C12H18FNO. The zero-order valence-electron chi connectivity index (χ0n) is 9.42. The molecule has 0 saturated heterocycles. The van der Waals surface area contributed by atoms with E-state index in [-0.39, 0.29) is 23.4 Å². The van der Waals surface area contributed by atoms with Crippen molar-refractivity contribution < 1.29 is 9.50 Å². The van der Waals surface area contributed by atoms with Crippen LogP contribution in [0.1, 0.15) is 30.9 Å². The fourth-order valence-electron chi connectivity index (χ4n) is 1.80. The lowest BCUT2D eigenvalue weighted by Gasteiger charge is -2.21. The summed E-state index contributed by atoms with van der Waals surface area (Å²) in [6, 6.07) is 2.70. The standard InChI is InChI=1S/C12H18FNO/c1-7(2)11(6-14)10-5-9(13)4-8(3)12(10)15/h4-5,7,11,15H,6,14H2,1-3H3. The topological polar surface area (TPSA) is 46.2 Å². The van der Waals surface area contributed by atoms with Gasteiger partial charge in [0.25, 0.3) is 0 Å². The smallest absolute Gasteiger partial charge is 0.124 e. The molecule has 0 heterocycles. The van der Waals surface area contributed by atoms with E-state index in [0.29, 0.717) is 17.7 Å². The third-order valence-electron chi connectivity index (χ3n) is 2.75. The molecule has 0 aliphatic heterocycles. The van der Waals surface area contributed by atoms with Crippen LogP contribution in [-0.2, 0) is 0 Å². The van der Waals surface area contributed by atoms with Crippen molar-refractivity contribution in [3.63, 3.8) is 0 Å². The van der Waals surface area contributed by atoms with Crippen molar-refractivity contribution in [1.29, 1.82) is 0 Å². The third-order valence-corrected chi connectivity index (χ3v) is 2.75. The fourth-order valence-corrected chi connectivity index (χ4v) is 1.80. The Balaban J connectivity index is 3.22. The highest BCUT2D eigenvalue weighted by Crippen LogP contribution is 2.33. The van der Waals surface area contributed by atoms with Gasteiger partial charge in [0.05, 0.1) is 0 Å². The van der Waals surface area contributed by atoms with Crippen LogP contribution in [0, 0.1) is 18.7 Å². The highest BCUT2D eigenvalue weighted by molar-refractivity contribution is 5.42. The second kappa shape index (κ2) is 4.62. The summed E-state index contributed by atoms with van der Waals surface area (Å²) in [5, 5.41) is 9.85. The maximum atomic E-state index is 13.2. The highest BCUT2D eigenvalue weighted by atomic mass is 19.1. The van der Waals surface area contributed by atoms with Crippen molar-refractivity contribution in [2.24, 2.45) is 11.7 Å². The summed E-state index contributed by atoms with van der Waals surface area (Å²) < 4.78 is 13.2. The summed E-state index contributed by atoms with van der Waals surface area (Å²) in [7, 11) is 0. The summed E-state index contributed by atoms with van der Waals surface area (Å²) in [6.45, 7) is 6.12. The Hall–Kier alpha value is -1.09. The van der Waals surface area contributed by atoms with Gasteiger partial charge in [-0.2, -0.15) is 0 Å². The van der Waals surface area contributed by atoms with E-state index >= 15 is 0 Å². The van der Waals surface area contributed by atoms with Crippen molar-refractivity contribution in [2.45, 2.75) is 26.7 Å². The number of phenolic OH excluding ortho intramolecular Hbond substituents is 1. The number of aryl methyl sites for hydroxylation is 1. The van der Waals surface area contributed by atoms with Gasteiger partial charge in [-0.05, 0) is 37.1 Å². The van der Waals surface area contributed by atoms with Crippen molar-refractivity contribution >= 4 is 0 Å². The van der Waals surface area contributed by atoms with Gasteiger partial charge in [0.1, 0.15) is 11.6 Å². The van der Waals surface area contributed by atoms with Crippen molar-refractivity contribution in [2.75, 3.05) is 6.54 Å². The molecule has 1 atom stereocenters. The normalized spacial score (nSPS) is 13.2. The van der Waals surface area contributed by atoms with Crippen LogP contribution >= 0.6 is 0 Å². The molecule has 0 bridgehead atoms. The molecule has 0 aliphatic carbocycles. The molecule has 0 fully saturated rings. The van der Waals surface area contributed by atoms with Gasteiger partial charge in [-0.25, -0.2) is 4.39 Å². The van der Waals surface area contributed by atoms with Gasteiger partial charge in [-0.1, -0.05) is 13.8 Å². The second-order valence-electron chi connectivity index (χ2n) is 4.25. The minimum absolute atomic E-state index is 0.000556. The molecule has 0 spiro atoms. The van der Waals surface area contributed by atoms with Crippen LogP contribution in [-0.4, -0.2) is 11.7 Å². The van der Waals surface area contributed by atoms with E-state index in [1.54, 1.807) is 6.92 Å².